The molecule has 2 N–H and O–H groups in total. The summed E-state index contributed by atoms with van der Waals surface area (Å²) in [6.07, 6.45) is 0. The van der Waals surface area contributed by atoms with Gasteiger partial charge >= 0.3 is 0 Å². The Morgan fingerprint density at radius 3 is 2.53 bits per heavy atom. The summed E-state index contributed by atoms with van der Waals surface area (Å²) in [7, 11) is 1.59. The van der Waals surface area contributed by atoms with E-state index in [1.165, 1.54) is 6.07 Å². The van der Waals surface area contributed by atoms with Crippen LogP contribution in [0.15, 0.2) is 57.8 Å². The lowest BCUT2D eigenvalue weighted by Crippen LogP contribution is -2.14. The number of amides is 1. The number of rotatable bonds is 4. The van der Waals surface area contributed by atoms with Crippen molar-refractivity contribution in [1.82, 2.24) is 14.6 Å². The Morgan fingerprint density at radius 1 is 1.13 bits per heavy atom. The van der Waals surface area contributed by atoms with E-state index >= 15 is 0 Å². The summed E-state index contributed by atoms with van der Waals surface area (Å²) in [5, 5.41) is 7.41. The Balaban J connectivity index is 1.88. The number of hydrogen-bond donors (Lipinski definition) is 2. The fraction of sp³-hybridized carbons (Fsp3) is 0.136. The van der Waals surface area contributed by atoms with Crippen molar-refractivity contribution in [3.63, 3.8) is 0 Å². The molecule has 30 heavy (non-hydrogen) atoms. The number of benzene rings is 2. The van der Waals surface area contributed by atoms with E-state index in [9.17, 15) is 9.59 Å². The van der Waals surface area contributed by atoms with E-state index in [1.807, 2.05) is 37.3 Å². The van der Waals surface area contributed by atoms with Crippen LogP contribution < -0.4 is 15.6 Å². The molecule has 7 nitrogen and oxygen atoms in total. The molecule has 0 atom stereocenters. The predicted octanol–water partition coefficient (Wildman–Crippen LogP) is 4.33. The molecule has 2 heterocycles. The van der Waals surface area contributed by atoms with Gasteiger partial charge in [0.2, 0.25) is 0 Å². The van der Waals surface area contributed by atoms with Gasteiger partial charge in [0.15, 0.2) is 5.69 Å². The van der Waals surface area contributed by atoms with E-state index in [4.69, 9.17) is 4.74 Å². The van der Waals surface area contributed by atoms with Crippen LogP contribution in [0.4, 0.5) is 5.69 Å². The predicted molar refractivity (Wildman–Crippen MR) is 119 cm³/mol. The Bertz CT molecular complexity index is 1320. The molecule has 2 aromatic carbocycles. The third kappa shape index (κ3) is 3.61. The quantitative estimate of drug-likeness (QED) is 0.468. The first-order valence-corrected chi connectivity index (χ1v) is 10.0. The minimum atomic E-state index is -0.380. The van der Waals surface area contributed by atoms with Crippen molar-refractivity contribution >= 4 is 33.2 Å². The minimum Gasteiger partial charge on any atom is -0.497 e. The molecule has 0 fully saturated rings. The summed E-state index contributed by atoms with van der Waals surface area (Å²) < 4.78 is 7.57. The highest BCUT2D eigenvalue weighted by Gasteiger charge is 2.23. The highest BCUT2D eigenvalue weighted by atomic mass is 79.9. The monoisotopic (exact) mass is 466 g/mol. The largest absolute Gasteiger partial charge is 0.497 e. The molecule has 0 unspecified atom stereocenters. The number of carbonyl (C=O) groups is 1. The van der Waals surface area contributed by atoms with Crippen LogP contribution in [0.25, 0.3) is 16.8 Å². The third-order valence-corrected chi connectivity index (χ3v) is 5.42. The number of aryl methyl sites for hydroxylation is 2. The molecule has 4 aromatic rings. The molecule has 4 rings (SSSR count). The average molecular weight is 467 g/mol. The lowest BCUT2D eigenvalue weighted by Gasteiger charge is -2.08. The van der Waals surface area contributed by atoms with Crippen LogP contribution in [0.5, 0.6) is 5.75 Å². The van der Waals surface area contributed by atoms with Crippen LogP contribution in [0.3, 0.4) is 0 Å². The van der Waals surface area contributed by atoms with Crippen LogP contribution in [-0.2, 0) is 0 Å². The number of methoxy groups -OCH3 is 1. The van der Waals surface area contributed by atoms with Crippen LogP contribution in [0.2, 0.25) is 0 Å². The highest BCUT2D eigenvalue weighted by molar-refractivity contribution is 9.10. The number of halogens is 1. The van der Waals surface area contributed by atoms with Gasteiger partial charge in [-0.05, 0) is 65.2 Å². The van der Waals surface area contributed by atoms with Crippen LogP contribution in [0, 0.1) is 13.8 Å². The topological polar surface area (TPSA) is 88.5 Å². The summed E-state index contributed by atoms with van der Waals surface area (Å²) in [5.74, 6) is 0.309. The van der Waals surface area contributed by atoms with E-state index in [0.29, 0.717) is 28.3 Å². The van der Waals surface area contributed by atoms with Gasteiger partial charge in [0.05, 0.1) is 18.4 Å². The van der Waals surface area contributed by atoms with Gasteiger partial charge in [-0.15, -0.1) is 0 Å². The van der Waals surface area contributed by atoms with Gasteiger partial charge in [-0.2, -0.15) is 5.10 Å². The van der Waals surface area contributed by atoms with E-state index in [2.05, 4.69) is 31.3 Å². The first kappa shape index (κ1) is 19.9. The van der Waals surface area contributed by atoms with Crippen molar-refractivity contribution in [2.24, 2.45) is 0 Å². The summed E-state index contributed by atoms with van der Waals surface area (Å²) in [6, 6.07) is 14.4. The number of ether oxygens (including phenoxy) is 1. The molecule has 1 amide bonds. The van der Waals surface area contributed by atoms with Gasteiger partial charge in [0, 0.05) is 16.2 Å². The maximum atomic E-state index is 13.2. The number of fused-ring (bicyclic) bond motifs is 1. The highest BCUT2D eigenvalue weighted by Crippen LogP contribution is 2.31. The molecule has 0 bridgehead atoms. The zero-order valence-corrected chi connectivity index (χ0v) is 18.2. The normalized spacial score (nSPS) is 10.9. The van der Waals surface area contributed by atoms with Gasteiger partial charge in [0.25, 0.3) is 11.5 Å². The number of nitrogens with zero attached hydrogens (tertiary/aromatic N) is 2. The lowest BCUT2D eigenvalue weighted by molar-refractivity contribution is 0.102. The number of aromatic amines is 1. The molecule has 0 spiro atoms. The molecule has 2 aromatic heterocycles. The zero-order valence-electron chi connectivity index (χ0n) is 16.6. The molecular weight excluding hydrogens is 448 g/mol. The summed E-state index contributed by atoms with van der Waals surface area (Å²) in [5.41, 5.74) is 4.01. The lowest BCUT2D eigenvalue weighted by atomic mass is 10.0. The maximum Gasteiger partial charge on any atom is 0.276 e. The second-order valence-electron chi connectivity index (χ2n) is 6.92. The molecule has 0 saturated carbocycles. The Morgan fingerprint density at radius 2 is 1.87 bits per heavy atom. The van der Waals surface area contributed by atoms with Gasteiger partial charge in [-0.25, -0.2) is 4.52 Å². The molecule has 8 heteroatoms. The molecule has 152 valence electrons. The Labute approximate surface area is 180 Å². The van der Waals surface area contributed by atoms with Gasteiger partial charge in [-0.3, -0.25) is 9.59 Å². The van der Waals surface area contributed by atoms with E-state index < -0.39 is 0 Å². The fourth-order valence-electron chi connectivity index (χ4n) is 3.29. The van der Waals surface area contributed by atoms with Crippen molar-refractivity contribution in [1.29, 1.82) is 0 Å². The minimum absolute atomic E-state index is 0.206. The van der Waals surface area contributed by atoms with Crippen molar-refractivity contribution in [2.75, 3.05) is 12.4 Å². The molecular formula is C22H19BrN4O3. The fourth-order valence-corrected chi connectivity index (χ4v) is 3.88. The van der Waals surface area contributed by atoms with Crippen LogP contribution >= 0.6 is 15.9 Å². The summed E-state index contributed by atoms with van der Waals surface area (Å²) in [4.78, 5) is 28.1. The van der Waals surface area contributed by atoms with Crippen molar-refractivity contribution < 1.29 is 9.53 Å². The molecule has 0 aliphatic carbocycles. The van der Waals surface area contributed by atoms with Crippen molar-refractivity contribution in [3.05, 3.63) is 80.3 Å². The van der Waals surface area contributed by atoms with Gasteiger partial charge in [0.1, 0.15) is 11.4 Å². The molecule has 0 aliphatic rings. The first-order chi connectivity index (χ1) is 14.4. The van der Waals surface area contributed by atoms with E-state index in [0.717, 1.165) is 15.6 Å². The average Bonchev–Trinajstić information content (AvgIpc) is 3.10. The second-order valence-corrected chi connectivity index (χ2v) is 7.78. The standard InChI is InChI=1S/C22H19BrN4O3/c1-12-4-9-17(16(23)10-12)24-22(29)20-19(14-5-7-15(30-3)8-6-14)21-25-18(28)11-13(2)27(21)26-20/h4-11H,1-3H3,(H,24,29)(H,25,28). The molecule has 0 radical (unpaired) electrons. The number of carbonyl (C=O) groups excluding carboxylic acids is 1. The number of aromatic nitrogens is 3. The number of hydrogen-bond acceptors (Lipinski definition) is 4. The van der Waals surface area contributed by atoms with Crippen molar-refractivity contribution in [3.8, 4) is 16.9 Å². The van der Waals surface area contributed by atoms with E-state index in [-0.39, 0.29) is 17.2 Å². The number of nitrogens with one attached hydrogen (secondary N) is 2. The first-order valence-electron chi connectivity index (χ1n) is 9.22. The third-order valence-electron chi connectivity index (χ3n) is 4.77. The van der Waals surface area contributed by atoms with Crippen LogP contribution in [0.1, 0.15) is 21.7 Å². The Hall–Kier alpha value is -3.39. The van der Waals surface area contributed by atoms with E-state index in [1.54, 1.807) is 30.7 Å². The molecule has 0 saturated heterocycles. The second kappa shape index (κ2) is 7.79. The summed E-state index contributed by atoms with van der Waals surface area (Å²) >= 11 is 3.48. The zero-order chi connectivity index (χ0) is 21.4. The smallest absolute Gasteiger partial charge is 0.276 e. The molecule has 0 aliphatic heterocycles. The summed E-state index contributed by atoms with van der Waals surface area (Å²) in [6.45, 7) is 3.74. The SMILES string of the molecule is COc1ccc(-c2c(C(=O)Nc3ccc(C)cc3Br)nn3c(C)cc(=O)[nH]c23)cc1. The number of H-pyrrole nitrogens is 1. The van der Waals surface area contributed by atoms with Gasteiger partial charge < -0.3 is 15.0 Å². The van der Waals surface area contributed by atoms with Crippen LogP contribution in [-0.4, -0.2) is 27.6 Å². The number of anilines is 1. The van der Waals surface area contributed by atoms with Crippen molar-refractivity contribution in [2.45, 2.75) is 13.8 Å². The van der Waals surface area contributed by atoms with Gasteiger partial charge in [-0.1, -0.05) is 18.2 Å². The Kier molecular flexibility index (Phi) is 5.17. The maximum absolute atomic E-state index is 13.2.